The van der Waals surface area contributed by atoms with E-state index in [2.05, 4.69) is 35.6 Å². The molecular formula is C23H29NO2. The lowest BCUT2D eigenvalue weighted by Gasteiger charge is -2.28. The third kappa shape index (κ3) is 4.95. The summed E-state index contributed by atoms with van der Waals surface area (Å²) in [6, 6.07) is 18.2. The van der Waals surface area contributed by atoms with Crippen molar-refractivity contribution in [2.24, 2.45) is 5.92 Å². The quantitative estimate of drug-likeness (QED) is 0.776. The zero-order chi connectivity index (χ0) is 18.6. The smallest absolute Gasteiger partial charge is 0.224 e. The molecule has 0 atom stereocenters. The van der Waals surface area contributed by atoms with Crippen LogP contribution in [0, 0.1) is 5.92 Å². The van der Waals surface area contributed by atoms with E-state index in [1.165, 1.54) is 18.4 Å². The minimum atomic E-state index is -0.861. The molecule has 3 rings (SSSR count). The predicted molar refractivity (Wildman–Crippen MR) is 106 cm³/mol. The van der Waals surface area contributed by atoms with E-state index in [0.717, 1.165) is 24.1 Å². The van der Waals surface area contributed by atoms with Gasteiger partial charge in [0, 0.05) is 12.1 Å². The van der Waals surface area contributed by atoms with Gasteiger partial charge in [-0.15, -0.1) is 0 Å². The summed E-state index contributed by atoms with van der Waals surface area (Å²) in [6.45, 7) is 3.51. The first-order valence-electron chi connectivity index (χ1n) is 9.59. The second kappa shape index (κ2) is 8.05. The van der Waals surface area contributed by atoms with Gasteiger partial charge in [-0.05, 0) is 74.6 Å². The van der Waals surface area contributed by atoms with Crippen LogP contribution in [0.2, 0.25) is 0 Å². The molecule has 0 aliphatic heterocycles. The molecule has 26 heavy (non-hydrogen) atoms. The first kappa shape index (κ1) is 18.7. The van der Waals surface area contributed by atoms with Crippen LogP contribution in [0.25, 0.3) is 0 Å². The van der Waals surface area contributed by atoms with E-state index in [0.29, 0.717) is 18.3 Å². The number of aliphatic hydroxyl groups is 1. The van der Waals surface area contributed by atoms with Gasteiger partial charge in [0.15, 0.2) is 0 Å². The van der Waals surface area contributed by atoms with Gasteiger partial charge >= 0.3 is 0 Å². The van der Waals surface area contributed by atoms with Crippen LogP contribution in [-0.2, 0) is 10.4 Å². The molecule has 1 saturated carbocycles. The van der Waals surface area contributed by atoms with Crippen LogP contribution >= 0.6 is 0 Å². The normalized spacial score (nSPS) is 20.6. The SMILES string of the molecule is CC(C)(O)c1ccc(NC(=O)CC2CCC(c3ccccc3)CC2)cc1. The summed E-state index contributed by atoms with van der Waals surface area (Å²) in [5.41, 5.74) is 2.21. The molecule has 0 saturated heterocycles. The first-order valence-corrected chi connectivity index (χ1v) is 9.59. The molecule has 2 aromatic carbocycles. The zero-order valence-electron chi connectivity index (χ0n) is 15.7. The number of hydrogen-bond acceptors (Lipinski definition) is 2. The Hall–Kier alpha value is -2.13. The molecule has 0 aromatic heterocycles. The minimum absolute atomic E-state index is 0.0872. The summed E-state index contributed by atoms with van der Waals surface area (Å²) in [4.78, 5) is 12.4. The van der Waals surface area contributed by atoms with Crippen molar-refractivity contribution in [1.29, 1.82) is 0 Å². The Morgan fingerprint density at radius 3 is 2.19 bits per heavy atom. The number of benzene rings is 2. The maximum Gasteiger partial charge on any atom is 0.224 e. The summed E-state index contributed by atoms with van der Waals surface area (Å²) in [6.07, 6.45) is 5.16. The largest absolute Gasteiger partial charge is 0.386 e. The third-order valence-corrected chi connectivity index (χ3v) is 5.47. The highest BCUT2D eigenvalue weighted by molar-refractivity contribution is 5.90. The van der Waals surface area contributed by atoms with Gasteiger partial charge in [0.25, 0.3) is 0 Å². The Morgan fingerprint density at radius 1 is 1.00 bits per heavy atom. The molecule has 0 bridgehead atoms. The zero-order valence-corrected chi connectivity index (χ0v) is 15.7. The minimum Gasteiger partial charge on any atom is -0.386 e. The van der Waals surface area contributed by atoms with Gasteiger partial charge in [0.1, 0.15) is 0 Å². The molecule has 1 amide bonds. The van der Waals surface area contributed by atoms with E-state index >= 15 is 0 Å². The molecule has 0 heterocycles. The Morgan fingerprint density at radius 2 is 1.62 bits per heavy atom. The molecule has 138 valence electrons. The molecule has 1 aliphatic rings. The molecule has 1 fully saturated rings. The van der Waals surface area contributed by atoms with Crippen LogP contribution < -0.4 is 5.32 Å². The van der Waals surface area contributed by atoms with Crippen molar-refractivity contribution in [3.63, 3.8) is 0 Å². The van der Waals surface area contributed by atoms with E-state index < -0.39 is 5.60 Å². The molecule has 2 aromatic rings. The van der Waals surface area contributed by atoms with Gasteiger partial charge in [0.2, 0.25) is 5.91 Å². The molecule has 3 heteroatoms. The van der Waals surface area contributed by atoms with Crippen LogP contribution in [0.1, 0.15) is 63.0 Å². The van der Waals surface area contributed by atoms with Gasteiger partial charge in [-0.2, -0.15) is 0 Å². The fourth-order valence-electron chi connectivity index (χ4n) is 3.86. The summed E-state index contributed by atoms with van der Waals surface area (Å²) in [7, 11) is 0. The van der Waals surface area contributed by atoms with Crippen molar-refractivity contribution in [3.8, 4) is 0 Å². The maximum absolute atomic E-state index is 12.4. The van der Waals surface area contributed by atoms with Crippen molar-refractivity contribution in [2.45, 2.75) is 57.5 Å². The average Bonchev–Trinajstić information content (AvgIpc) is 2.63. The van der Waals surface area contributed by atoms with E-state index in [-0.39, 0.29) is 5.91 Å². The summed E-state index contributed by atoms with van der Waals surface area (Å²) < 4.78 is 0. The highest BCUT2D eigenvalue weighted by atomic mass is 16.3. The fourth-order valence-corrected chi connectivity index (χ4v) is 3.86. The number of carbonyl (C=O) groups is 1. The summed E-state index contributed by atoms with van der Waals surface area (Å²) in [5, 5.41) is 13.0. The molecule has 1 aliphatic carbocycles. The lowest BCUT2D eigenvalue weighted by Crippen LogP contribution is -2.20. The fraction of sp³-hybridized carbons (Fsp3) is 0.435. The van der Waals surface area contributed by atoms with Crippen molar-refractivity contribution in [3.05, 3.63) is 65.7 Å². The molecule has 0 unspecified atom stereocenters. The van der Waals surface area contributed by atoms with Gasteiger partial charge in [0.05, 0.1) is 5.60 Å². The van der Waals surface area contributed by atoms with E-state index in [1.807, 2.05) is 24.3 Å². The topological polar surface area (TPSA) is 49.3 Å². The maximum atomic E-state index is 12.4. The van der Waals surface area contributed by atoms with E-state index in [1.54, 1.807) is 13.8 Å². The lowest BCUT2D eigenvalue weighted by atomic mass is 9.77. The summed E-state index contributed by atoms with van der Waals surface area (Å²) >= 11 is 0. The van der Waals surface area contributed by atoms with Gasteiger partial charge in [-0.25, -0.2) is 0 Å². The van der Waals surface area contributed by atoms with E-state index in [4.69, 9.17) is 0 Å². The number of nitrogens with one attached hydrogen (secondary N) is 1. The summed E-state index contributed by atoms with van der Waals surface area (Å²) in [5.74, 6) is 1.21. The molecule has 3 nitrogen and oxygen atoms in total. The third-order valence-electron chi connectivity index (χ3n) is 5.47. The second-order valence-corrected chi connectivity index (χ2v) is 8.02. The van der Waals surface area contributed by atoms with E-state index in [9.17, 15) is 9.90 Å². The highest BCUT2D eigenvalue weighted by Crippen LogP contribution is 2.37. The number of hydrogen-bond donors (Lipinski definition) is 2. The van der Waals surface area contributed by atoms with Crippen LogP contribution in [0.15, 0.2) is 54.6 Å². The Balaban J connectivity index is 1.47. The van der Waals surface area contributed by atoms with Gasteiger partial charge < -0.3 is 10.4 Å². The van der Waals surface area contributed by atoms with Crippen LogP contribution in [0.3, 0.4) is 0 Å². The van der Waals surface area contributed by atoms with Crippen LogP contribution in [-0.4, -0.2) is 11.0 Å². The van der Waals surface area contributed by atoms with Crippen molar-refractivity contribution in [2.75, 3.05) is 5.32 Å². The van der Waals surface area contributed by atoms with Gasteiger partial charge in [-0.3, -0.25) is 4.79 Å². The van der Waals surface area contributed by atoms with Crippen LogP contribution in [0.5, 0.6) is 0 Å². The standard InChI is InChI=1S/C23H29NO2/c1-23(2,26)20-12-14-21(15-13-20)24-22(25)16-17-8-10-19(11-9-17)18-6-4-3-5-7-18/h3-7,12-15,17,19,26H,8-11,16H2,1-2H3,(H,24,25). The second-order valence-electron chi connectivity index (χ2n) is 8.02. The Labute approximate surface area is 156 Å². The monoisotopic (exact) mass is 351 g/mol. The first-order chi connectivity index (χ1) is 12.4. The highest BCUT2D eigenvalue weighted by Gasteiger charge is 2.24. The van der Waals surface area contributed by atoms with Crippen molar-refractivity contribution >= 4 is 11.6 Å². The lowest BCUT2D eigenvalue weighted by molar-refractivity contribution is -0.117. The molecule has 0 spiro atoms. The number of anilines is 1. The predicted octanol–water partition coefficient (Wildman–Crippen LogP) is 5.22. The number of amides is 1. The molecular weight excluding hydrogens is 322 g/mol. The number of rotatable bonds is 5. The van der Waals surface area contributed by atoms with Gasteiger partial charge in [-0.1, -0.05) is 42.5 Å². The van der Waals surface area contributed by atoms with Crippen molar-refractivity contribution in [1.82, 2.24) is 0 Å². The Bertz CT molecular complexity index is 708. The Kier molecular flexibility index (Phi) is 5.77. The number of carbonyl (C=O) groups excluding carboxylic acids is 1. The van der Waals surface area contributed by atoms with Crippen LogP contribution in [0.4, 0.5) is 5.69 Å². The molecule has 2 N–H and O–H groups in total. The molecule has 0 radical (unpaired) electrons. The van der Waals surface area contributed by atoms with Crippen molar-refractivity contribution < 1.29 is 9.90 Å². The average molecular weight is 351 g/mol.